The molecule has 4 aromatic heterocycles. The van der Waals surface area contributed by atoms with Crippen LogP contribution in [0.5, 0.6) is 0 Å². The van der Waals surface area contributed by atoms with Gasteiger partial charge in [0, 0.05) is 28.9 Å². The minimum Gasteiger partial charge on any atom is -0.335 e. The molecule has 0 saturated heterocycles. The molecule has 5 aromatic rings. The molecule has 0 aliphatic rings. The first-order valence-electron chi connectivity index (χ1n) is 8.05. The number of hydrogen-bond donors (Lipinski definition) is 1. The molecule has 0 radical (unpaired) electrons. The van der Waals surface area contributed by atoms with E-state index < -0.39 is 0 Å². The van der Waals surface area contributed by atoms with Gasteiger partial charge in [0.25, 0.3) is 0 Å². The maximum atomic E-state index is 4.73. The number of aromatic amines is 1. The third-order valence-electron chi connectivity index (χ3n) is 4.15. The average molecular weight is 359 g/mol. The molecular formula is C18H13N7S. The number of hydrogen-bond acceptors (Lipinski definition) is 6. The second kappa shape index (κ2) is 6.16. The largest absolute Gasteiger partial charge is 0.335 e. The van der Waals surface area contributed by atoms with Crippen LogP contribution in [0.25, 0.3) is 33.8 Å². The van der Waals surface area contributed by atoms with E-state index in [0.717, 1.165) is 39.4 Å². The second-order valence-electron chi connectivity index (χ2n) is 5.85. The fourth-order valence-corrected chi connectivity index (χ4v) is 3.32. The summed E-state index contributed by atoms with van der Waals surface area (Å²) >= 11 is 1.35. The van der Waals surface area contributed by atoms with E-state index in [-0.39, 0.29) is 0 Å². The number of nitrogens with one attached hydrogen (secondary N) is 1. The lowest BCUT2D eigenvalue weighted by Crippen LogP contribution is -2.02. The predicted octanol–water partition coefficient (Wildman–Crippen LogP) is 3.39. The number of nitrogens with zero attached hydrogens (tertiary/aromatic N) is 6. The molecule has 5 rings (SSSR count). The number of benzene rings is 1. The predicted molar refractivity (Wildman–Crippen MR) is 99.6 cm³/mol. The van der Waals surface area contributed by atoms with Crippen LogP contribution < -0.4 is 0 Å². The third kappa shape index (κ3) is 2.66. The summed E-state index contributed by atoms with van der Waals surface area (Å²) in [5.41, 5.74) is 5.78. The summed E-state index contributed by atoms with van der Waals surface area (Å²) in [4.78, 5) is 12.2. The molecular weight excluding hydrogens is 346 g/mol. The summed E-state index contributed by atoms with van der Waals surface area (Å²) in [6.45, 7) is 0.636. The number of H-pyrrole nitrogens is 1. The molecule has 0 amide bonds. The quantitative estimate of drug-likeness (QED) is 0.532. The van der Waals surface area contributed by atoms with Gasteiger partial charge in [-0.15, -0.1) is 5.10 Å². The highest BCUT2D eigenvalue weighted by Gasteiger charge is 2.11. The van der Waals surface area contributed by atoms with E-state index in [9.17, 15) is 0 Å². The van der Waals surface area contributed by atoms with Gasteiger partial charge in [-0.25, -0.2) is 9.67 Å². The average Bonchev–Trinajstić information content (AvgIpc) is 3.42. The lowest BCUT2D eigenvalue weighted by molar-refractivity contribution is 0.702. The first kappa shape index (κ1) is 14.9. The molecule has 7 nitrogen and oxygen atoms in total. The van der Waals surface area contributed by atoms with Crippen LogP contribution in [0.1, 0.15) is 5.56 Å². The summed E-state index contributed by atoms with van der Waals surface area (Å²) in [7, 11) is 0. The number of imidazole rings is 1. The molecule has 1 aromatic carbocycles. The van der Waals surface area contributed by atoms with Crippen LogP contribution >= 0.6 is 11.5 Å². The Bertz CT molecular complexity index is 1140. The fraction of sp³-hybridized carbons (Fsp3) is 0.0556. The van der Waals surface area contributed by atoms with Crippen LogP contribution in [0.15, 0.2) is 60.4 Å². The molecule has 0 atom stereocenters. The van der Waals surface area contributed by atoms with Gasteiger partial charge in [-0.1, -0.05) is 34.8 Å². The Kier molecular flexibility index (Phi) is 3.53. The standard InChI is InChI=1S/C18H13N7S/c1-2-12(8-19-7-1)10-25-18-15(9-20-25)21-17(22-18)14-5-3-13(4-6-14)16-11-26-24-23-16/h1-9,11H,10H2,(H,21,22). The van der Waals surface area contributed by atoms with Crippen molar-refractivity contribution in [3.63, 3.8) is 0 Å². The second-order valence-corrected chi connectivity index (χ2v) is 6.46. The summed E-state index contributed by atoms with van der Waals surface area (Å²) in [6.07, 6.45) is 5.41. The topological polar surface area (TPSA) is 85.2 Å². The highest BCUT2D eigenvalue weighted by molar-refractivity contribution is 7.03. The fourth-order valence-electron chi connectivity index (χ4n) is 2.85. The molecule has 0 bridgehead atoms. The van der Waals surface area contributed by atoms with Gasteiger partial charge in [-0.3, -0.25) is 4.98 Å². The van der Waals surface area contributed by atoms with Crippen LogP contribution in [0.2, 0.25) is 0 Å². The summed E-state index contributed by atoms with van der Waals surface area (Å²) < 4.78 is 5.78. The van der Waals surface area contributed by atoms with Crippen molar-refractivity contribution in [3.8, 4) is 22.6 Å². The van der Waals surface area contributed by atoms with E-state index in [2.05, 4.69) is 24.7 Å². The normalized spacial score (nSPS) is 11.2. The highest BCUT2D eigenvalue weighted by atomic mass is 32.1. The molecule has 8 heteroatoms. The third-order valence-corrected chi connectivity index (χ3v) is 4.66. The minimum atomic E-state index is 0.636. The number of fused-ring (bicyclic) bond motifs is 1. The zero-order chi connectivity index (χ0) is 17.3. The molecule has 0 saturated carbocycles. The Morgan fingerprint density at radius 1 is 1.04 bits per heavy atom. The molecule has 1 N–H and O–H groups in total. The van der Waals surface area contributed by atoms with Gasteiger partial charge in [0.05, 0.1) is 12.7 Å². The van der Waals surface area contributed by atoms with Gasteiger partial charge < -0.3 is 4.98 Å². The Morgan fingerprint density at radius 3 is 2.69 bits per heavy atom. The van der Waals surface area contributed by atoms with E-state index in [1.807, 2.05) is 52.7 Å². The summed E-state index contributed by atoms with van der Waals surface area (Å²) in [6, 6.07) is 12.1. The van der Waals surface area contributed by atoms with Crippen LogP contribution in [0, 0.1) is 0 Å². The van der Waals surface area contributed by atoms with Crippen LogP contribution in [0.4, 0.5) is 0 Å². The van der Waals surface area contributed by atoms with Crippen LogP contribution in [0.3, 0.4) is 0 Å². The highest BCUT2D eigenvalue weighted by Crippen LogP contribution is 2.24. The number of rotatable bonds is 4. The van der Waals surface area contributed by atoms with E-state index in [4.69, 9.17) is 4.98 Å². The lowest BCUT2D eigenvalue weighted by Gasteiger charge is -2.01. The molecule has 26 heavy (non-hydrogen) atoms. The van der Waals surface area contributed by atoms with Crippen molar-refractivity contribution in [1.82, 2.24) is 34.3 Å². The smallest absolute Gasteiger partial charge is 0.177 e. The first-order valence-corrected chi connectivity index (χ1v) is 8.89. The van der Waals surface area contributed by atoms with Crippen molar-refractivity contribution < 1.29 is 0 Å². The van der Waals surface area contributed by atoms with Crippen molar-refractivity contribution in [2.24, 2.45) is 0 Å². The first-order chi connectivity index (χ1) is 12.9. The zero-order valence-electron chi connectivity index (χ0n) is 13.6. The Hall–Kier alpha value is -3.39. The number of pyridine rings is 1. The summed E-state index contributed by atoms with van der Waals surface area (Å²) in [5, 5.41) is 10.4. The van der Waals surface area contributed by atoms with Gasteiger partial charge >= 0.3 is 0 Å². The molecule has 4 heterocycles. The molecule has 0 unspecified atom stereocenters. The van der Waals surface area contributed by atoms with Gasteiger partial charge in [-0.05, 0) is 23.2 Å². The van der Waals surface area contributed by atoms with Crippen molar-refractivity contribution >= 4 is 22.7 Å². The molecule has 0 aliphatic carbocycles. The summed E-state index contributed by atoms with van der Waals surface area (Å²) in [5.74, 6) is 0.820. The molecule has 0 spiro atoms. The van der Waals surface area contributed by atoms with E-state index in [0.29, 0.717) is 6.54 Å². The zero-order valence-corrected chi connectivity index (χ0v) is 14.4. The molecule has 0 fully saturated rings. The van der Waals surface area contributed by atoms with Gasteiger partial charge in [0.1, 0.15) is 17.0 Å². The Labute approximate surface area is 152 Å². The van der Waals surface area contributed by atoms with E-state index >= 15 is 0 Å². The lowest BCUT2D eigenvalue weighted by atomic mass is 10.1. The van der Waals surface area contributed by atoms with Gasteiger partial charge in [-0.2, -0.15) is 5.10 Å². The molecule has 126 valence electrons. The van der Waals surface area contributed by atoms with Gasteiger partial charge in [0.15, 0.2) is 5.65 Å². The van der Waals surface area contributed by atoms with E-state index in [1.54, 1.807) is 12.4 Å². The monoisotopic (exact) mass is 359 g/mol. The number of aromatic nitrogens is 7. The van der Waals surface area contributed by atoms with Crippen LogP contribution in [-0.2, 0) is 6.54 Å². The molecule has 0 aliphatic heterocycles. The minimum absolute atomic E-state index is 0.636. The van der Waals surface area contributed by atoms with Crippen molar-refractivity contribution in [2.75, 3.05) is 0 Å². The Morgan fingerprint density at radius 2 is 1.92 bits per heavy atom. The maximum Gasteiger partial charge on any atom is 0.177 e. The SMILES string of the molecule is c1cncc(Cn2ncc3[nH]c(-c4ccc(-c5csnn5)cc4)nc32)c1. The maximum absolute atomic E-state index is 4.73. The van der Waals surface area contributed by atoms with Crippen molar-refractivity contribution in [1.29, 1.82) is 0 Å². The van der Waals surface area contributed by atoms with Crippen molar-refractivity contribution in [3.05, 3.63) is 65.9 Å². The van der Waals surface area contributed by atoms with Gasteiger partial charge in [0.2, 0.25) is 0 Å². The van der Waals surface area contributed by atoms with E-state index in [1.165, 1.54) is 11.5 Å². The van der Waals surface area contributed by atoms with Crippen LogP contribution in [-0.4, -0.2) is 34.3 Å². The van der Waals surface area contributed by atoms with Crippen molar-refractivity contribution in [2.45, 2.75) is 6.54 Å². The Balaban J connectivity index is 1.46.